The molecule has 1 aliphatic rings. The Morgan fingerprint density at radius 3 is 2.71 bits per heavy atom. The second-order valence-electron chi connectivity index (χ2n) is 5.37. The molecule has 0 radical (unpaired) electrons. The van der Waals surface area contributed by atoms with Gasteiger partial charge in [0.2, 0.25) is 5.91 Å². The van der Waals surface area contributed by atoms with Gasteiger partial charge in [0.25, 0.3) is 0 Å². The van der Waals surface area contributed by atoms with Gasteiger partial charge >= 0.3 is 0 Å². The number of hydrogen-bond acceptors (Lipinski definition) is 5. The Morgan fingerprint density at radius 1 is 1.33 bits per heavy atom. The van der Waals surface area contributed by atoms with E-state index in [1.54, 1.807) is 4.90 Å². The molecule has 1 aromatic rings. The number of carbonyl (C=O) groups is 1. The van der Waals surface area contributed by atoms with Crippen molar-refractivity contribution in [1.82, 2.24) is 20.1 Å². The normalized spacial score (nSPS) is 16.0. The minimum absolute atomic E-state index is 0.191. The maximum absolute atomic E-state index is 12.1. The van der Waals surface area contributed by atoms with E-state index in [9.17, 15) is 4.79 Å². The van der Waals surface area contributed by atoms with Crippen molar-refractivity contribution < 1.29 is 4.79 Å². The Balaban J connectivity index is 1.75. The van der Waals surface area contributed by atoms with Gasteiger partial charge in [-0.2, -0.15) is 0 Å². The van der Waals surface area contributed by atoms with Gasteiger partial charge in [-0.05, 0) is 19.2 Å². The third-order valence-corrected chi connectivity index (χ3v) is 3.83. The van der Waals surface area contributed by atoms with Crippen molar-refractivity contribution in [3.8, 4) is 0 Å². The summed E-state index contributed by atoms with van der Waals surface area (Å²) in [5.74, 6) is 1.21. The minimum Gasteiger partial charge on any atom is -0.354 e. The summed E-state index contributed by atoms with van der Waals surface area (Å²) in [5, 5.41) is 3.06. The molecule has 0 aromatic carbocycles. The van der Waals surface area contributed by atoms with Crippen molar-refractivity contribution in [2.24, 2.45) is 0 Å². The van der Waals surface area contributed by atoms with E-state index in [0.717, 1.165) is 45.1 Å². The third kappa shape index (κ3) is 4.68. The Hall–Kier alpha value is -1.66. The van der Waals surface area contributed by atoms with E-state index in [-0.39, 0.29) is 5.91 Å². The summed E-state index contributed by atoms with van der Waals surface area (Å²) in [5.41, 5.74) is 0. The number of rotatable bonds is 6. The lowest BCUT2D eigenvalue weighted by Crippen LogP contribution is -2.50. The number of pyridine rings is 1. The van der Waals surface area contributed by atoms with E-state index < -0.39 is 0 Å². The van der Waals surface area contributed by atoms with Crippen LogP contribution >= 0.6 is 0 Å². The average Bonchev–Trinajstić information content (AvgIpc) is 2.54. The molecule has 1 N–H and O–H groups in total. The zero-order valence-corrected chi connectivity index (χ0v) is 13.0. The Labute approximate surface area is 126 Å². The van der Waals surface area contributed by atoms with Crippen LogP contribution in [0.4, 0.5) is 5.82 Å². The van der Waals surface area contributed by atoms with Crippen LogP contribution in [0.1, 0.15) is 0 Å². The van der Waals surface area contributed by atoms with Crippen LogP contribution in [0, 0.1) is 0 Å². The predicted molar refractivity (Wildman–Crippen MR) is 84.5 cm³/mol. The molecule has 1 aliphatic heterocycles. The molecule has 0 saturated carbocycles. The molecule has 2 heterocycles. The first kappa shape index (κ1) is 15.7. The van der Waals surface area contributed by atoms with Gasteiger partial charge in [-0.15, -0.1) is 0 Å². The van der Waals surface area contributed by atoms with Gasteiger partial charge in [0, 0.05) is 52.5 Å². The van der Waals surface area contributed by atoms with Crippen LogP contribution in [0.3, 0.4) is 0 Å². The van der Waals surface area contributed by atoms with Crippen molar-refractivity contribution in [3.63, 3.8) is 0 Å². The first-order chi connectivity index (χ1) is 10.2. The fraction of sp³-hybridized carbons (Fsp3) is 0.600. The largest absolute Gasteiger partial charge is 0.354 e. The molecular weight excluding hydrogens is 266 g/mol. The summed E-state index contributed by atoms with van der Waals surface area (Å²) in [7, 11) is 3.76. The number of amides is 1. The molecule has 2 rings (SSSR count). The fourth-order valence-corrected chi connectivity index (χ4v) is 2.39. The van der Waals surface area contributed by atoms with Gasteiger partial charge < -0.3 is 15.1 Å². The van der Waals surface area contributed by atoms with Crippen LogP contribution in [0.15, 0.2) is 24.4 Å². The highest BCUT2D eigenvalue weighted by atomic mass is 16.2. The third-order valence-electron chi connectivity index (χ3n) is 3.83. The molecule has 21 heavy (non-hydrogen) atoms. The first-order valence-electron chi connectivity index (χ1n) is 7.47. The topological polar surface area (TPSA) is 51.7 Å². The number of hydrogen-bond donors (Lipinski definition) is 1. The van der Waals surface area contributed by atoms with Gasteiger partial charge in [0.05, 0.1) is 6.54 Å². The van der Waals surface area contributed by atoms with Crippen molar-refractivity contribution in [2.45, 2.75) is 0 Å². The zero-order valence-electron chi connectivity index (χ0n) is 13.0. The summed E-state index contributed by atoms with van der Waals surface area (Å²) < 4.78 is 0. The highest BCUT2D eigenvalue weighted by Gasteiger charge is 2.20. The molecule has 6 nitrogen and oxygen atoms in total. The van der Waals surface area contributed by atoms with Gasteiger partial charge in [-0.3, -0.25) is 9.69 Å². The Morgan fingerprint density at radius 2 is 2.10 bits per heavy atom. The maximum atomic E-state index is 12.1. The Kier molecular flexibility index (Phi) is 5.95. The summed E-state index contributed by atoms with van der Waals surface area (Å²) in [6.07, 6.45) is 1.82. The highest BCUT2D eigenvalue weighted by Crippen LogP contribution is 2.12. The smallest absolute Gasteiger partial charge is 0.236 e. The Bertz CT molecular complexity index is 431. The summed E-state index contributed by atoms with van der Waals surface area (Å²) in [4.78, 5) is 22.8. The van der Waals surface area contributed by atoms with E-state index >= 15 is 0 Å². The van der Waals surface area contributed by atoms with Gasteiger partial charge in [0.15, 0.2) is 0 Å². The number of nitrogens with one attached hydrogen (secondary N) is 1. The quantitative estimate of drug-likeness (QED) is 0.792. The van der Waals surface area contributed by atoms with Crippen LogP contribution in [0.5, 0.6) is 0 Å². The molecule has 0 aliphatic carbocycles. The molecule has 6 heteroatoms. The molecule has 1 fully saturated rings. The SMILES string of the molecule is CNCCN(C)C(=O)CN1CCN(c2ccccn2)CC1. The van der Waals surface area contributed by atoms with Crippen molar-refractivity contribution in [3.05, 3.63) is 24.4 Å². The zero-order chi connectivity index (χ0) is 15.1. The molecule has 0 atom stereocenters. The molecule has 116 valence electrons. The first-order valence-corrected chi connectivity index (χ1v) is 7.47. The molecule has 0 bridgehead atoms. The van der Waals surface area contributed by atoms with Crippen LogP contribution in [-0.4, -0.2) is 80.6 Å². The lowest BCUT2D eigenvalue weighted by atomic mass is 10.3. The van der Waals surface area contributed by atoms with Crippen molar-refractivity contribution in [1.29, 1.82) is 0 Å². The van der Waals surface area contributed by atoms with Crippen LogP contribution < -0.4 is 10.2 Å². The standard InChI is InChI=1S/C15H25N5O/c1-16-7-8-18(2)15(21)13-19-9-11-20(12-10-19)14-5-3-4-6-17-14/h3-6,16H,7-13H2,1-2H3. The van der Waals surface area contributed by atoms with E-state index in [2.05, 4.69) is 20.1 Å². The molecule has 0 spiro atoms. The molecule has 1 saturated heterocycles. The number of anilines is 1. The molecule has 1 aromatic heterocycles. The summed E-state index contributed by atoms with van der Waals surface area (Å²) in [6, 6.07) is 5.97. The summed E-state index contributed by atoms with van der Waals surface area (Å²) >= 11 is 0. The fourth-order valence-electron chi connectivity index (χ4n) is 2.39. The van der Waals surface area contributed by atoms with Crippen LogP contribution in [-0.2, 0) is 4.79 Å². The number of aromatic nitrogens is 1. The lowest BCUT2D eigenvalue weighted by Gasteiger charge is -2.35. The van der Waals surface area contributed by atoms with Crippen LogP contribution in [0.2, 0.25) is 0 Å². The van der Waals surface area contributed by atoms with E-state index in [1.165, 1.54) is 0 Å². The number of piperazine rings is 1. The van der Waals surface area contributed by atoms with Crippen molar-refractivity contribution >= 4 is 11.7 Å². The number of carbonyl (C=O) groups excluding carboxylic acids is 1. The maximum Gasteiger partial charge on any atom is 0.236 e. The molecular formula is C15H25N5O. The average molecular weight is 291 g/mol. The predicted octanol–water partition coefficient (Wildman–Crippen LogP) is -0.119. The highest BCUT2D eigenvalue weighted by molar-refractivity contribution is 5.78. The van der Waals surface area contributed by atoms with Gasteiger partial charge in [-0.1, -0.05) is 6.07 Å². The summed E-state index contributed by atoms with van der Waals surface area (Å²) in [6.45, 7) is 5.74. The minimum atomic E-state index is 0.191. The van der Waals surface area contributed by atoms with E-state index in [1.807, 2.05) is 38.5 Å². The molecule has 0 unspecified atom stereocenters. The monoisotopic (exact) mass is 291 g/mol. The van der Waals surface area contributed by atoms with E-state index in [0.29, 0.717) is 6.54 Å². The number of likely N-dealkylation sites (N-methyl/N-ethyl adjacent to an activating group) is 2. The van der Waals surface area contributed by atoms with Gasteiger partial charge in [-0.25, -0.2) is 4.98 Å². The second kappa shape index (κ2) is 7.95. The van der Waals surface area contributed by atoms with E-state index in [4.69, 9.17) is 0 Å². The number of nitrogens with zero attached hydrogens (tertiary/aromatic N) is 4. The van der Waals surface area contributed by atoms with Gasteiger partial charge in [0.1, 0.15) is 5.82 Å². The second-order valence-corrected chi connectivity index (χ2v) is 5.37. The van der Waals surface area contributed by atoms with Crippen molar-refractivity contribution in [2.75, 3.05) is 64.8 Å². The van der Waals surface area contributed by atoms with Crippen LogP contribution in [0.25, 0.3) is 0 Å². The molecule has 1 amide bonds. The lowest BCUT2D eigenvalue weighted by molar-refractivity contribution is -0.131.